The topological polar surface area (TPSA) is 115 Å². The number of rotatable bonds is 7. The molecule has 1 saturated carbocycles. The van der Waals surface area contributed by atoms with Crippen molar-refractivity contribution >= 4 is 34.3 Å². The lowest BCUT2D eigenvalue weighted by molar-refractivity contribution is -0.124. The number of para-hydroxylation sites is 1. The zero-order valence-corrected chi connectivity index (χ0v) is 21.5. The van der Waals surface area contributed by atoms with Crippen molar-refractivity contribution in [2.24, 2.45) is 0 Å². The van der Waals surface area contributed by atoms with Crippen molar-refractivity contribution in [2.45, 2.75) is 31.8 Å². The van der Waals surface area contributed by atoms with Crippen LogP contribution in [-0.2, 0) is 11.3 Å². The number of carbonyl (C=O) groups excluding carboxylic acids is 2. The molecule has 0 bridgehead atoms. The van der Waals surface area contributed by atoms with Gasteiger partial charge in [-0.1, -0.05) is 47.1 Å². The van der Waals surface area contributed by atoms with Gasteiger partial charge in [-0.05, 0) is 49.6 Å². The zero-order valence-electron chi connectivity index (χ0n) is 20.7. The van der Waals surface area contributed by atoms with Crippen LogP contribution in [0, 0.1) is 12.9 Å². The van der Waals surface area contributed by atoms with Crippen molar-refractivity contribution < 1.29 is 18.5 Å². The molecule has 0 spiro atoms. The van der Waals surface area contributed by atoms with Gasteiger partial charge >= 0.3 is 0 Å². The Kier molecular flexibility index (Phi) is 6.11. The van der Waals surface area contributed by atoms with Gasteiger partial charge in [0.25, 0.3) is 11.8 Å². The highest BCUT2D eigenvalue weighted by Gasteiger charge is 2.51. The summed E-state index contributed by atoms with van der Waals surface area (Å²) in [6.45, 7) is 2.01. The average Bonchev–Trinajstić information content (AvgIpc) is 3.51. The molecule has 2 amide bonds. The smallest absolute Gasteiger partial charge is 0.276 e. The van der Waals surface area contributed by atoms with Crippen molar-refractivity contribution in [3.63, 3.8) is 0 Å². The molecule has 2 N–H and O–H groups in total. The van der Waals surface area contributed by atoms with Crippen LogP contribution in [0.2, 0.25) is 5.02 Å². The fraction of sp³-hybridized carbons (Fsp3) is 0.179. The van der Waals surface area contributed by atoms with E-state index >= 15 is 0 Å². The molecule has 0 unspecified atom stereocenters. The Bertz CT molecular complexity index is 1730. The first-order valence-electron chi connectivity index (χ1n) is 12.3. The maximum absolute atomic E-state index is 13.4. The van der Waals surface area contributed by atoms with E-state index < -0.39 is 17.4 Å². The van der Waals surface area contributed by atoms with Crippen LogP contribution < -0.4 is 10.6 Å². The van der Waals surface area contributed by atoms with Crippen LogP contribution in [0.15, 0.2) is 71.4 Å². The number of aryl methyl sites for hydroxylation is 1. The molecule has 1 aliphatic rings. The van der Waals surface area contributed by atoms with Gasteiger partial charge in [-0.15, -0.1) is 0 Å². The first-order chi connectivity index (χ1) is 18.8. The second-order valence-corrected chi connectivity index (χ2v) is 9.79. The van der Waals surface area contributed by atoms with E-state index in [2.05, 4.69) is 25.8 Å². The van der Waals surface area contributed by atoms with E-state index in [1.54, 1.807) is 6.92 Å². The quantitative estimate of drug-likeness (QED) is 0.286. The molecule has 5 aromatic rings. The van der Waals surface area contributed by atoms with Crippen LogP contribution in [0.5, 0.6) is 0 Å². The van der Waals surface area contributed by atoms with E-state index in [0.29, 0.717) is 35.3 Å². The van der Waals surface area contributed by atoms with Crippen molar-refractivity contribution in [1.82, 2.24) is 30.3 Å². The fourth-order valence-electron chi connectivity index (χ4n) is 4.53. The first-order valence-corrected chi connectivity index (χ1v) is 12.6. The Hall–Kier alpha value is -4.57. The number of benzene rings is 2. The molecule has 39 heavy (non-hydrogen) atoms. The summed E-state index contributed by atoms with van der Waals surface area (Å²) in [5.41, 5.74) is 2.30. The van der Waals surface area contributed by atoms with Gasteiger partial charge < -0.3 is 19.7 Å². The normalized spacial score (nSPS) is 13.8. The summed E-state index contributed by atoms with van der Waals surface area (Å²) in [5, 5.41) is 10.9. The second kappa shape index (κ2) is 9.63. The molecular weight excluding hydrogens is 523 g/mol. The van der Waals surface area contributed by atoms with Crippen molar-refractivity contribution in [2.75, 3.05) is 0 Å². The minimum Gasteiger partial charge on any atom is -0.350 e. The molecule has 3 aromatic heterocycles. The lowest BCUT2D eigenvalue weighted by atomic mass is 10.1. The Balaban J connectivity index is 1.19. The van der Waals surface area contributed by atoms with Crippen LogP contribution in [0.4, 0.5) is 4.39 Å². The third kappa shape index (κ3) is 4.63. The standard InChI is InChI=1S/C28H22ClFN6O3/c1-16-33-26(39-35-16)24-23(29)20-4-2-3-5-21(20)36(24)19-8-6-17(7-9-19)15-32-27(38)28(11-12-28)34-25(37)18-10-13-31-22(30)14-18/h2-10,13-14H,11-12,15H2,1H3,(H,32,38)(H,34,37). The van der Waals surface area contributed by atoms with Crippen LogP contribution >= 0.6 is 11.6 Å². The highest BCUT2D eigenvalue weighted by molar-refractivity contribution is 6.38. The molecule has 0 aliphatic heterocycles. The molecule has 0 radical (unpaired) electrons. The monoisotopic (exact) mass is 544 g/mol. The van der Waals surface area contributed by atoms with Crippen LogP contribution in [-0.4, -0.2) is 37.0 Å². The van der Waals surface area contributed by atoms with Crippen LogP contribution in [0.1, 0.15) is 34.6 Å². The van der Waals surface area contributed by atoms with E-state index in [1.165, 1.54) is 12.3 Å². The number of halogens is 2. The number of amides is 2. The van der Waals surface area contributed by atoms with Gasteiger partial charge in [-0.25, -0.2) is 4.98 Å². The van der Waals surface area contributed by atoms with Gasteiger partial charge in [0.05, 0.1) is 10.5 Å². The van der Waals surface area contributed by atoms with Crippen molar-refractivity contribution in [3.05, 3.63) is 94.8 Å². The van der Waals surface area contributed by atoms with Gasteiger partial charge in [-0.3, -0.25) is 9.59 Å². The van der Waals surface area contributed by atoms with Gasteiger partial charge in [0, 0.05) is 35.4 Å². The Morgan fingerprint density at radius 1 is 1.13 bits per heavy atom. The van der Waals surface area contributed by atoms with E-state index in [0.717, 1.165) is 28.2 Å². The highest BCUT2D eigenvalue weighted by atomic mass is 35.5. The third-order valence-electron chi connectivity index (χ3n) is 6.72. The first kappa shape index (κ1) is 24.7. The summed E-state index contributed by atoms with van der Waals surface area (Å²) in [7, 11) is 0. The number of nitrogens with one attached hydrogen (secondary N) is 2. The van der Waals surface area contributed by atoms with Gasteiger partial charge in [0.2, 0.25) is 11.9 Å². The predicted molar refractivity (Wildman–Crippen MR) is 142 cm³/mol. The van der Waals surface area contributed by atoms with E-state index in [9.17, 15) is 14.0 Å². The Labute approximate surface area is 227 Å². The van der Waals surface area contributed by atoms with Crippen molar-refractivity contribution in [1.29, 1.82) is 0 Å². The molecule has 1 fully saturated rings. The molecule has 196 valence electrons. The molecule has 2 aromatic carbocycles. The molecule has 3 heterocycles. The summed E-state index contributed by atoms with van der Waals surface area (Å²) in [6, 6.07) is 17.8. The SMILES string of the molecule is Cc1noc(-c2c(Cl)c3ccccc3n2-c2ccc(CNC(=O)C3(NC(=O)c4ccnc(F)c4)CC3)cc2)n1. The summed E-state index contributed by atoms with van der Waals surface area (Å²) in [6.07, 6.45) is 2.23. The fourth-order valence-corrected chi connectivity index (χ4v) is 4.86. The van der Waals surface area contributed by atoms with Gasteiger partial charge in [0.15, 0.2) is 5.82 Å². The van der Waals surface area contributed by atoms with Gasteiger partial charge in [-0.2, -0.15) is 9.37 Å². The number of hydrogen-bond donors (Lipinski definition) is 2. The molecule has 1 aliphatic carbocycles. The number of hydrogen-bond acceptors (Lipinski definition) is 6. The molecular formula is C28H22ClFN6O3. The minimum absolute atomic E-state index is 0.116. The molecule has 6 rings (SSSR count). The maximum atomic E-state index is 13.4. The summed E-state index contributed by atoms with van der Waals surface area (Å²) >= 11 is 6.76. The van der Waals surface area contributed by atoms with E-state index in [4.69, 9.17) is 16.1 Å². The molecule has 9 nitrogen and oxygen atoms in total. The van der Waals surface area contributed by atoms with E-state index in [1.807, 2.05) is 53.1 Å². The molecule has 11 heteroatoms. The highest BCUT2D eigenvalue weighted by Crippen LogP contribution is 2.39. The minimum atomic E-state index is -0.991. The van der Waals surface area contributed by atoms with E-state index in [-0.39, 0.29) is 18.0 Å². The third-order valence-corrected chi connectivity index (χ3v) is 7.10. The molecule has 0 atom stereocenters. The predicted octanol–water partition coefficient (Wildman–Crippen LogP) is 4.76. The Morgan fingerprint density at radius 3 is 2.59 bits per heavy atom. The largest absolute Gasteiger partial charge is 0.350 e. The number of fused-ring (bicyclic) bond motifs is 1. The zero-order chi connectivity index (χ0) is 27.1. The van der Waals surface area contributed by atoms with Gasteiger partial charge in [0.1, 0.15) is 11.2 Å². The summed E-state index contributed by atoms with van der Waals surface area (Å²) in [4.78, 5) is 33.3. The van der Waals surface area contributed by atoms with Crippen LogP contribution in [0.25, 0.3) is 28.2 Å². The number of carbonyl (C=O) groups is 2. The van der Waals surface area contributed by atoms with Crippen molar-refractivity contribution in [3.8, 4) is 17.3 Å². The second-order valence-electron chi connectivity index (χ2n) is 9.41. The maximum Gasteiger partial charge on any atom is 0.276 e. The lowest BCUT2D eigenvalue weighted by Gasteiger charge is -2.17. The summed E-state index contributed by atoms with van der Waals surface area (Å²) < 4.78 is 20.8. The number of nitrogens with zero attached hydrogens (tertiary/aromatic N) is 4. The lowest BCUT2D eigenvalue weighted by Crippen LogP contribution is -2.48. The summed E-state index contributed by atoms with van der Waals surface area (Å²) in [5.74, 6) is -0.738. The molecule has 0 saturated heterocycles. The Morgan fingerprint density at radius 2 is 1.90 bits per heavy atom. The number of pyridine rings is 1. The average molecular weight is 545 g/mol. The number of aromatic nitrogens is 4. The van der Waals surface area contributed by atoms with Crippen LogP contribution in [0.3, 0.4) is 0 Å².